The van der Waals surface area contributed by atoms with E-state index in [1.165, 1.54) is 0 Å². The number of carboxylic acid groups (broad SMARTS) is 1. The number of carbonyl (C=O) groups excluding carboxylic acids is 1. The molecule has 0 aromatic rings. The number of hydrogen-bond acceptors (Lipinski definition) is 3. The van der Waals surface area contributed by atoms with Crippen LogP contribution in [0.3, 0.4) is 0 Å². The van der Waals surface area contributed by atoms with E-state index in [1.54, 1.807) is 0 Å². The lowest BCUT2D eigenvalue weighted by Crippen LogP contribution is -2.54. The van der Waals surface area contributed by atoms with Gasteiger partial charge in [0, 0.05) is 6.42 Å². The van der Waals surface area contributed by atoms with Crippen molar-refractivity contribution in [1.29, 1.82) is 0 Å². The fraction of sp³-hybridized carbons (Fsp3) is 0.875. The van der Waals surface area contributed by atoms with E-state index in [0.717, 1.165) is 51.4 Å². The second kappa shape index (κ2) is 6.77. The maximum absolute atomic E-state index is 12.4. The van der Waals surface area contributed by atoms with Crippen molar-refractivity contribution >= 4 is 11.9 Å². The summed E-state index contributed by atoms with van der Waals surface area (Å²) in [5, 5.41) is 22.1. The van der Waals surface area contributed by atoms with Crippen LogP contribution in [0.1, 0.15) is 70.6 Å². The van der Waals surface area contributed by atoms with Gasteiger partial charge in [0.05, 0.1) is 17.6 Å². The van der Waals surface area contributed by atoms with Crippen LogP contribution in [-0.2, 0) is 9.59 Å². The van der Waals surface area contributed by atoms with E-state index in [9.17, 15) is 19.8 Å². The molecule has 2 aliphatic carbocycles. The number of carbonyl (C=O) groups is 2. The van der Waals surface area contributed by atoms with Crippen LogP contribution in [-0.4, -0.2) is 34.2 Å². The van der Waals surface area contributed by atoms with Gasteiger partial charge in [0.2, 0.25) is 5.91 Å². The highest BCUT2D eigenvalue weighted by molar-refractivity contribution is 5.85. The predicted molar refractivity (Wildman–Crippen MR) is 78.8 cm³/mol. The minimum absolute atomic E-state index is 0.0457. The predicted octanol–water partition coefficient (Wildman–Crippen LogP) is 2.22. The van der Waals surface area contributed by atoms with Gasteiger partial charge in [0.1, 0.15) is 0 Å². The van der Waals surface area contributed by atoms with E-state index >= 15 is 0 Å². The summed E-state index contributed by atoms with van der Waals surface area (Å²) in [6.07, 6.45) is 8.75. The van der Waals surface area contributed by atoms with Gasteiger partial charge >= 0.3 is 5.97 Å². The molecule has 0 heterocycles. The van der Waals surface area contributed by atoms with Crippen LogP contribution in [0.5, 0.6) is 0 Å². The molecule has 21 heavy (non-hydrogen) atoms. The molecule has 120 valence electrons. The summed E-state index contributed by atoms with van der Waals surface area (Å²) in [5.41, 5.74) is -1.42. The van der Waals surface area contributed by atoms with E-state index in [0.29, 0.717) is 12.8 Å². The Balaban J connectivity index is 2.00. The third-order valence-electron chi connectivity index (χ3n) is 5.28. The summed E-state index contributed by atoms with van der Waals surface area (Å²) >= 11 is 0. The highest BCUT2D eigenvalue weighted by Gasteiger charge is 2.43. The van der Waals surface area contributed by atoms with Crippen LogP contribution in [0.25, 0.3) is 0 Å². The van der Waals surface area contributed by atoms with Crippen molar-refractivity contribution in [2.45, 2.75) is 76.2 Å². The molecule has 0 aromatic heterocycles. The third kappa shape index (κ3) is 3.76. The van der Waals surface area contributed by atoms with Gasteiger partial charge in [-0.15, -0.1) is 0 Å². The van der Waals surface area contributed by atoms with Crippen molar-refractivity contribution < 1.29 is 19.8 Å². The number of aliphatic hydroxyl groups is 1. The van der Waals surface area contributed by atoms with Crippen LogP contribution in [0.2, 0.25) is 0 Å². The largest absolute Gasteiger partial charge is 0.481 e. The van der Waals surface area contributed by atoms with Crippen molar-refractivity contribution in [2.24, 2.45) is 5.41 Å². The minimum Gasteiger partial charge on any atom is -0.481 e. The molecular formula is C16H27NO4. The number of aliphatic hydroxyl groups excluding tert-OH is 1. The Kier molecular flexibility index (Phi) is 5.25. The summed E-state index contributed by atoms with van der Waals surface area (Å²) in [7, 11) is 0. The zero-order valence-corrected chi connectivity index (χ0v) is 12.7. The number of carboxylic acids is 1. The van der Waals surface area contributed by atoms with Crippen molar-refractivity contribution in [3.63, 3.8) is 0 Å². The van der Waals surface area contributed by atoms with E-state index in [4.69, 9.17) is 0 Å². The van der Waals surface area contributed by atoms with Crippen LogP contribution < -0.4 is 5.32 Å². The SMILES string of the molecule is O=C(CC1(C(=O)O)CCCCC1)NC1(CO)CCCCC1. The Bertz CT molecular complexity index is 382. The van der Waals surface area contributed by atoms with Crippen molar-refractivity contribution in [2.75, 3.05) is 6.61 Å². The number of nitrogens with one attached hydrogen (secondary N) is 1. The Morgan fingerprint density at radius 2 is 1.43 bits per heavy atom. The molecule has 2 saturated carbocycles. The molecule has 0 atom stereocenters. The first-order chi connectivity index (χ1) is 10.0. The number of amides is 1. The molecule has 1 amide bonds. The molecule has 0 bridgehead atoms. The summed E-state index contributed by atoms with van der Waals surface area (Å²) in [6.45, 7) is -0.0567. The zero-order chi connectivity index (χ0) is 15.3. The van der Waals surface area contributed by atoms with Crippen LogP contribution >= 0.6 is 0 Å². The second-order valence-electron chi connectivity index (χ2n) is 6.87. The Morgan fingerprint density at radius 3 is 1.90 bits per heavy atom. The number of rotatable bonds is 5. The second-order valence-corrected chi connectivity index (χ2v) is 6.87. The molecule has 0 aliphatic heterocycles. The average molecular weight is 297 g/mol. The molecule has 2 rings (SSSR count). The fourth-order valence-electron chi connectivity index (χ4n) is 3.89. The maximum atomic E-state index is 12.4. The summed E-state index contributed by atoms with van der Waals surface area (Å²) in [6, 6.07) is 0. The Labute approximate surface area is 126 Å². The Morgan fingerprint density at radius 1 is 0.905 bits per heavy atom. The van der Waals surface area contributed by atoms with Crippen LogP contribution in [0.15, 0.2) is 0 Å². The first kappa shape index (κ1) is 16.3. The monoisotopic (exact) mass is 297 g/mol. The number of hydrogen-bond donors (Lipinski definition) is 3. The standard InChI is InChI=1S/C16H27NO4/c18-12-16(9-5-2-6-10-16)17-13(19)11-15(14(20)21)7-3-1-4-8-15/h18H,1-12H2,(H,17,19)(H,20,21). The van der Waals surface area contributed by atoms with E-state index in [2.05, 4.69) is 5.32 Å². The first-order valence-corrected chi connectivity index (χ1v) is 8.17. The molecule has 0 spiro atoms. The summed E-state index contributed by atoms with van der Waals surface area (Å²) in [5.74, 6) is -1.06. The normalized spacial score (nSPS) is 24.2. The van der Waals surface area contributed by atoms with Gasteiger partial charge in [0.25, 0.3) is 0 Å². The molecular weight excluding hydrogens is 270 g/mol. The van der Waals surface area contributed by atoms with Crippen LogP contribution in [0.4, 0.5) is 0 Å². The lowest BCUT2D eigenvalue weighted by atomic mass is 9.71. The summed E-state index contributed by atoms with van der Waals surface area (Å²) < 4.78 is 0. The highest BCUT2D eigenvalue weighted by Crippen LogP contribution is 2.40. The van der Waals surface area contributed by atoms with Gasteiger partial charge in [-0.05, 0) is 25.7 Å². The Hall–Kier alpha value is -1.10. The van der Waals surface area contributed by atoms with Crippen LogP contribution in [0, 0.1) is 5.41 Å². The smallest absolute Gasteiger partial charge is 0.310 e. The number of aliphatic carboxylic acids is 1. The first-order valence-electron chi connectivity index (χ1n) is 8.17. The molecule has 3 N–H and O–H groups in total. The molecule has 0 radical (unpaired) electrons. The highest BCUT2D eigenvalue weighted by atomic mass is 16.4. The fourth-order valence-corrected chi connectivity index (χ4v) is 3.89. The summed E-state index contributed by atoms with van der Waals surface area (Å²) in [4.78, 5) is 24.0. The molecule has 0 aromatic carbocycles. The van der Waals surface area contributed by atoms with Gasteiger partial charge in [-0.25, -0.2) is 0 Å². The molecule has 2 fully saturated rings. The van der Waals surface area contributed by atoms with Gasteiger partial charge in [-0.2, -0.15) is 0 Å². The van der Waals surface area contributed by atoms with Crippen molar-refractivity contribution in [3.05, 3.63) is 0 Å². The average Bonchev–Trinajstić information content (AvgIpc) is 2.48. The minimum atomic E-state index is -0.895. The van der Waals surface area contributed by atoms with Gasteiger partial charge in [-0.1, -0.05) is 38.5 Å². The molecule has 5 heteroatoms. The molecule has 0 unspecified atom stereocenters. The van der Waals surface area contributed by atoms with Crippen molar-refractivity contribution in [1.82, 2.24) is 5.32 Å². The lowest BCUT2D eigenvalue weighted by Gasteiger charge is -2.38. The third-order valence-corrected chi connectivity index (χ3v) is 5.28. The van der Waals surface area contributed by atoms with Gasteiger partial charge in [0.15, 0.2) is 0 Å². The van der Waals surface area contributed by atoms with E-state index < -0.39 is 16.9 Å². The topological polar surface area (TPSA) is 86.6 Å². The quantitative estimate of drug-likeness (QED) is 0.726. The van der Waals surface area contributed by atoms with E-state index in [1.807, 2.05) is 0 Å². The van der Waals surface area contributed by atoms with Gasteiger partial charge < -0.3 is 15.5 Å². The van der Waals surface area contributed by atoms with Gasteiger partial charge in [-0.3, -0.25) is 9.59 Å². The molecule has 2 aliphatic rings. The molecule has 5 nitrogen and oxygen atoms in total. The lowest BCUT2D eigenvalue weighted by molar-refractivity contribution is -0.154. The van der Waals surface area contributed by atoms with E-state index in [-0.39, 0.29) is 18.9 Å². The maximum Gasteiger partial charge on any atom is 0.310 e. The zero-order valence-electron chi connectivity index (χ0n) is 12.7. The van der Waals surface area contributed by atoms with Crippen molar-refractivity contribution in [3.8, 4) is 0 Å². The molecule has 0 saturated heterocycles.